The number of nitrogens with zero attached hydrogens (tertiary/aromatic N) is 1. The van der Waals surface area contributed by atoms with Crippen LogP contribution in [0.1, 0.15) is 31.7 Å². The fraction of sp³-hybridized carbons (Fsp3) is 0.444. The highest BCUT2D eigenvalue weighted by Crippen LogP contribution is 2.21. The lowest BCUT2D eigenvalue weighted by Crippen LogP contribution is -2.00. The van der Waals surface area contributed by atoms with Crippen molar-refractivity contribution < 1.29 is 0 Å². The van der Waals surface area contributed by atoms with Crippen molar-refractivity contribution in [1.29, 1.82) is 0 Å². The van der Waals surface area contributed by atoms with E-state index in [0.717, 1.165) is 6.42 Å². The minimum atomic E-state index is 0.498. The molecule has 0 radical (unpaired) electrons. The fourth-order valence-corrected chi connectivity index (χ4v) is 1.12. The summed E-state index contributed by atoms with van der Waals surface area (Å²) < 4.78 is 0. The summed E-state index contributed by atoms with van der Waals surface area (Å²) in [6.45, 7) is 4.28. The Kier molecular flexibility index (Phi) is 2.53. The van der Waals surface area contributed by atoms with Gasteiger partial charge < -0.3 is 11.5 Å². The molecule has 0 aliphatic heterocycles. The van der Waals surface area contributed by atoms with Gasteiger partial charge in [0.05, 0.1) is 0 Å². The molecule has 1 heterocycles. The van der Waals surface area contributed by atoms with Gasteiger partial charge in [-0.3, -0.25) is 0 Å². The van der Waals surface area contributed by atoms with Crippen molar-refractivity contribution in [3.8, 4) is 0 Å². The molecule has 66 valence electrons. The van der Waals surface area contributed by atoms with Gasteiger partial charge in [-0.05, 0) is 30.0 Å². The normalized spacial score (nSPS) is 12.8. The van der Waals surface area contributed by atoms with Gasteiger partial charge in [0.25, 0.3) is 0 Å². The highest BCUT2D eigenvalue weighted by atomic mass is 14.9. The molecule has 0 saturated heterocycles. The topological polar surface area (TPSA) is 64.9 Å². The summed E-state index contributed by atoms with van der Waals surface area (Å²) in [6.07, 6.45) is 1.09. The van der Waals surface area contributed by atoms with Crippen LogP contribution in [0.2, 0.25) is 0 Å². The van der Waals surface area contributed by atoms with Crippen molar-refractivity contribution in [2.75, 3.05) is 11.5 Å². The van der Waals surface area contributed by atoms with Gasteiger partial charge in [-0.1, -0.05) is 13.8 Å². The molecule has 0 aromatic carbocycles. The average molecular weight is 165 g/mol. The third-order valence-electron chi connectivity index (χ3n) is 2.07. The summed E-state index contributed by atoms with van der Waals surface area (Å²) >= 11 is 0. The smallest absolute Gasteiger partial charge is 0.126 e. The zero-order valence-electron chi connectivity index (χ0n) is 7.54. The van der Waals surface area contributed by atoms with Crippen molar-refractivity contribution in [2.24, 2.45) is 0 Å². The van der Waals surface area contributed by atoms with Crippen LogP contribution in [0.4, 0.5) is 11.6 Å². The van der Waals surface area contributed by atoms with Crippen LogP contribution in [-0.4, -0.2) is 4.98 Å². The number of hydrogen-bond acceptors (Lipinski definition) is 3. The first-order valence-corrected chi connectivity index (χ1v) is 4.16. The van der Waals surface area contributed by atoms with E-state index in [1.54, 1.807) is 0 Å². The Morgan fingerprint density at radius 3 is 2.25 bits per heavy atom. The Hall–Kier alpha value is -1.25. The van der Waals surface area contributed by atoms with Crippen LogP contribution in [0.5, 0.6) is 0 Å². The molecule has 1 aromatic heterocycles. The predicted molar refractivity (Wildman–Crippen MR) is 51.8 cm³/mol. The van der Waals surface area contributed by atoms with Crippen molar-refractivity contribution >= 4 is 11.6 Å². The fourth-order valence-electron chi connectivity index (χ4n) is 1.12. The molecule has 3 heteroatoms. The second-order valence-corrected chi connectivity index (χ2v) is 3.06. The average Bonchev–Trinajstić information content (AvgIpc) is 2.01. The number of pyridine rings is 1. The number of rotatable bonds is 2. The molecule has 1 unspecified atom stereocenters. The lowest BCUT2D eigenvalue weighted by molar-refractivity contribution is 0.733. The van der Waals surface area contributed by atoms with E-state index in [1.807, 2.05) is 12.1 Å². The number of anilines is 2. The van der Waals surface area contributed by atoms with Crippen LogP contribution >= 0.6 is 0 Å². The van der Waals surface area contributed by atoms with Crippen LogP contribution in [0.25, 0.3) is 0 Å². The van der Waals surface area contributed by atoms with Crippen LogP contribution in [0.3, 0.4) is 0 Å². The maximum atomic E-state index is 5.56. The molecule has 0 spiro atoms. The monoisotopic (exact) mass is 165 g/mol. The molecule has 4 N–H and O–H groups in total. The maximum absolute atomic E-state index is 5.56. The Morgan fingerprint density at radius 1 is 1.33 bits per heavy atom. The highest BCUT2D eigenvalue weighted by molar-refractivity contribution is 5.44. The SMILES string of the molecule is CCC(C)c1cc(N)nc(N)c1. The van der Waals surface area contributed by atoms with Gasteiger partial charge in [-0.2, -0.15) is 0 Å². The van der Waals surface area contributed by atoms with Crippen molar-refractivity contribution in [3.63, 3.8) is 0 Å². The Bertz CT molecular complexity index is 250. The molecule has 0 amide bonds. The first kappa shape index (κ1) is 8.84. The van der Waals surface area contributed by atoms with Gasteiger partial charge in [0.2, 0.25) is 0 Å². The molecule has 1 rings (SSSR count). The van der Waals surface area contributed by atoms with E-state index >= 15 is 0 Å². The second kappa shape index (κ2) is 3.43. The van der Waals surface area contributed by atoms with Crippen LogP contribution in [0.15, 0.2) is 12.1 Å². The standard InChI is InChI=1S/C9H15N3/c1-3-6(2)7-4-8(10)12-9(11)5-7/h4-6H,3H2,1-2H3,(H4,10,11,12). The first-order valence-electron chi connectivity index (χ1n) is 4.16. The number of nitrogen functional groups attached to an aromatic ring is 2. The largest absolute Gasteiger partial charge is 0.384 e. The van der Waals surface area contributed by atoms with Crippen LogP contribution in [-0.2, 0) is 0 Å². The summed E-state index contributed by atoms with van der Waals surface area (Å²) in [5.41, 5.74) is 12.3. The van der Waals surface area contributed by atoms with Gasteiger partial charge in [0, 0.05) is 0 Å². The van der Waals surface area contributed by atoms with Gasteiger partial charge in [-0.15, -0.1) is 0 Å². The van der Waals surface area contributed by atoms with Gasteiger partial charge in [0.15, 0.2) is 0 Å². The Labute approximate surface area is 72.8 Å². The molecule has 0 aliphatic rings. The van der Waals surface area contributed by atoms with E-state index in [-0.39, 0.29) is 0 Å². The predicted octanol–water partition coefficient (Wildman–Crippen LogP) is 1.76. The van der Waals surface area contributed by atoms with Crippen LogP contribution < -0.4 is 11.5 Å². The summed E-state index contributed by atoms with van der Waals surface area (Å²) in [4.78, 5) is 3.91. The number of aromatic nitrogens is 1. The zero-order chi connectivity index (χ0) is 9.14. The molecule has 1 aromatic rings. The van der Waals surface area contributed by atoms with E-state index in [0.29, 0.717) is 17.6 Å². The molecule has 0 bridgehead atoms. The summed E-state index contributed by atoms with van der Waals surface area (Å²) in [7, 11) is 0. The Balaban J connectivity index is 3.00. The molecule has 0 saturated carbocycles. The first-order chi connectivity index (χ1) is 5.63. The molecule has 0 fully saturated rings. The molecule has 0 aliphatic carbocycles. The van der Waals surface area contributed by atoms with Crippen molar-refractivity contribution in [3.05, 3.63) is 17.7 Å². The quantitative estimate of drug-likeness (QED) is 0.701. The van der Waals surface area contributed by atoms with Gasteiger partial charge >= 0.3 is 0 Å². The van der Waals surface area contributed by atoms with E-state index in [4.69, 9.17) is 11.5 Å². The minimum Gasteiger partial charge on any atom is -0.384 e. The van der Waals surface area contributed by atoms with Crippen molar-refractivity contribution in [2.45, 2.75) is 26.2 Å². The zero-order valence-corrected chi connectivity index (χ0v) is 7.54. The lowest BCUT2D eigenvalue weighted by Gasteiger charge is -2.09. The molecular weight excluding hydrogens is 150 g/mol. The minimum absolute atomic E-state index is 0.498. The number of nitrogens with two attached hydrogens (primary N) is 2. The molecular formula is C9H15N3. The maximum Gasteiger partial charge on any atom is 0.126 e. The summed E-state index contributed by atoms with van der Waals surface area (Å²) in [5.74, 6) is 1.51. The third kappa shape index (κ3) is 1.87. The molecule has 3 nitrogen and oxygen atoms in total. The van der Waals surface area contributed by atoms with Gasteiger partial charge in [0.1, 0.15) is 11.6 Å². The summed E-state index contributed by atoms with van der Waals surface area (Å²) in [5, 5.41) is 0. The van der Waals surface area contributed by atoms with E-state index in [1.165, 1.54) is 5.56 Å². The molecule has 12 heavy (non-hydrogen) atoms. The third-order valence-corrected chi connectivity index (χ3v) is 2.07. The summed E-state index contributed by atoms with van der Waals surface area (Å²) in [6, 6.07) is 3.76. The van der Waals surface area contributed by atoms with Crippen LogP contribution in [0, 0.1) is 0 Å². The van der Waals surface area contributed by atoms with E-state index in [9.17, 15) is 0 Å². The van der Waals surface area contributed by atoms with Crippen molar-refractivity contribution in [1.82, 2.24) is 4.98 Å². The second-order valence-electron chi connectivity index (χ2n) is 3.06. The lowest BCUT2D eigenvalue weighted by atomic mass is 10.00. The number of hydrogen-bond donors (Lipinski definition) is 2. The highest BCUT2D eigenvalue weighted by Gasteiger charge is 2.04. The Morgan fingerprint density at radius 2 is 1.83 bits per heavy atom. The van der Waals surface area contributed by atoms with E-state index < -0.39 is 0 Å². The molecule has 1 atom stereocenters. The van der Waals surface area contributed by atoms with Gasteiger partial charge in [-0.25, -0.2) is 4.98 Å². The van der Waals surface area contributed by atoms with E-state index in [2.05, 4.69) is 18.8 Å².